The van der Waals surface area contributed by atoms with Crippen molar-refractivity contribution >= 4 is 47.8 Å². The topological polar surface area (TPSA) is 18.5 Å². The highest BCUT2D eigenvalue weighted by Gasteiger charge is 2.12. The molecular weight excluding hydrogens is 464 g/mol. The Hall–Kier alpha value is -0.520. The summed E-state index contributed by atoms with van der Waals surface area (Å²) in [7, 11) is 0. The Morgan fingerprint density at radius 2 is 1.67 bits per heavy atom. The van der Waals surface area contributed by atoms with E-state index < -0.39 is 0 Å². The van der Waals surface area contributed by atoms with E-state index in [1.807, 2.05) is 43.3 Å². The Balaban J connectivity index is 2.19. The van der Waals surface area contributed by atoms with E-state index in [4.69, 9.17) is 9.47 Å². The molecule has 0 aromatic heterocycles. The lowest BCUT2D eigenvalue weighted by Gasteiger charge is -2.15. The molecule has 0 saturated heterocycles. The molecule has 0 heterocycles. The molecule has 21 heavy (non-hydrogen) atoms. The first-order valence-electron chi connectivity index (χ1n) is 6.52. The third kappa shape index (κ3) is 4.73. The smallest absolute Gasteiger partial charge is 0.175 e. The average molecular weight is 479 g/mol. The minimum Gasteiger partial charge on any atom is -0.490 e. The van der Waals surface area contributed by atoms with Crippen LogP contribution in [0.15, 0.2) is 45.3 Å². The molecule has 2 rings (SSSR count). The molecule has 0 aliphatic carbocycles. The van der Waals surface area contributed by atoms with Gasteiger partial charge in [-0.1, -0.05) is 44.0 Å². The molecule has 0 saturated carbocycles. The van der Waals surface area contributed by atoms with Crippen molar-refractivity contribution in [2.24, 2.45) is 0 Å². The second-order valence-electron chi connectivity index (χ2n) is 4.39. The van der Waals surface area contributed by atoms with Crippen molar-refractivity contribution < 1.29 is 9.47 Å². The van der Waals surface area contributed by atoms with Gasteiger partial charge in [-0.3, -0.25) is 0 Å². The maximum atomic E-state index is 5.94. The summed E-state index contributed by atoms with van der Waals surface area (Å²) in [5, 5.41) is 0.776. The van der Waals surface area contributed by atoms with Crippen LogP contribution in [0.25, 0.3) is 0 Å². The van der Waals surface area contributed by atoms with E-state index in [9.17, 15) is 0 Å². The van der Waals surface area contributed by atoms with E-state index in [2.05, 4.69) is 47.8 Å². The number of halogens is 3. The zero-order chi connectivity index (χ0) is 15.2. The van der Waals surface area contributed by atoms with Crippen molar-refractivity contribution in [1.82, 2.24) is 0 Å². The Morgan fingerprint density at radius 3 is 2.29 bits per heavy atom. The van der Waals surface area contributed by atoms with Crippen LogP contribution in [-0.4, -0.2) is 6.61 Å². The van der Waals surface area contributed by atoms with Crippen LogP contribution in [0, 0.1) is 0 Å². The highest BCUT2D eigenvalue weighted by molar-refractivity contribution is 9.11. The Labute approximate surface area is 150 Å². The van der Waals surface area contributed by atoms with Gasteiger partial charge in [0.05, 0.1) is 11.1 Å². The molecule has 2 nitrogen and oxygen atoms in total. The second-order valence-corrected chi connectivity index (χ2v) is 6.72. The van der Waals surface area contributed by atoms with E-state index in [1.54, 1.807) is 0 Å². The molecule has 112 valence electrons. The van der Waals surface area contributed by atoms with Crippen LogP contribution in [0.5, 0.6) is 11.5 Å². The molecule has 0 aliphatic heterocycles. The zero-order valence-corrected chi connectivity index (χ0v) is 16.3. The molecule has 0 bridgehead atoms. The summed E-state index contributed by atoms with van der Waals surface area (Å²) in [6, 6.07) is 12.1. The molecule has 2 aromatic carbocycles. The second kappa shape index (κ2) is 8.20. The summed E-state index contributed by atoms with van der Waals surface area (Å²) in [6.45, 7) is 3.07. The normalized spacial score (nSPS) is 10.5. The Bertz CT molecular complexity index is 597. The van der Waals surface area contributed by atoms with Gasteiger partial charge in [0, 0.05) is 9.80 Å². The van der Waals surface area contributed by atoms with Gasteiger partial charge in [-0.05, 0) is 58.2 Å². The van der Waals surface area contributed by atoms with Gasteiger partial charge in [-0.15, -0.1) is 0 Å². The molecule has 0 radical (unpaired) electrons. The molecule has 0 aliphatic rings. The molecule has 0 fully saturated rings. The lowest BCUT2D eigenvalue weighted by Crippen LogP contribution is -2.01. The maximum absolute atomic E-state index is 5.94. The summed E-state index contributed by atoms with van der Waals surface area (Å²) in [6.07, 6.45) is 0. The molecule has 0 amide bonds. The van der Waals surface area contributed by atoms with Gasteiger partial charge in [0.1, 0.15) is 6.61 Å². The van der Waals surface area contributed by atoms with Crippen LogP contribution in [0.3, 0.4) is 0 Å². The molecular formula is C16H15Br3O2. The molecule has 2 aromatic rings. The van der Waals surface area contributed by atoms with Gasteiger partial charge in [-0.2, -0.15) is 0 Å². The predicted octanol–water partition coefficient (Wildman–Crippen LogP) is 6.08. The summed E-state index contributed by atoms with van der Waals surface area (Å²) in [5.74, 6) is 1.50. The molecule has 0 atom stereocenters. The maximum Gasteiger partial charge on any atom is 0.175 e. The Kier molecular flexibility index (Phi) is 6.58. The molecule has 0 N–H and O–H groups in total. The van der Waals surface area contributed by atoms with Gasteiger partial charge in [-0.25, -0.2) is 0 Å². The quantitative estimate of drug-likeness (QED) is 0.468. The number of hydrogen-bond donors (Lipinski definition) is 0. The standard InChI is InChI=1S/C16H15Br3O2/c1-2-20-15-8-12(9-17)7-14(19)16(15)21-10-11-3-5-13(18)6-4-11/h3-8H,2,9-10H2,1H3. The van der Waals surface area contributed by atoms with Crippen molar-refractivity contribution in [1.29, 1.82) is 0 Å². The highest BCUT2D eigenvalue weighted by atomic mass is 79.9. The van der Waals surface area contributed by atoms with Crippen LogP contribution in [0.1, 0.15) is 18.1 Å². The first-order chi connectivity index (χ1) is 10.1. The van der Waals surface area contributed by atoms with E-state index in [1.165, 1.54) is 0 Å². The molecule has 0 unspecified atom stereocenters. The fourth-order valence-electron chi connectivity index (χ4n) is 1.84. The van der Waals surface area contributed by atoms with Gasteiger partial charge in [0.15, 0.2) is 11.5 Å². The number of alkyl halides is 1. The van der Waals surface area contributed by atoms with Crippen molar-refractivity contribution in [2.45, 2.75) is 18.9 Å². The lowest BCUT2D eigenvalue weighted by molar-refractivity contribution is 0.267. The van der Waals surface area contributed by atoms with Gasteiger partial charge in [0.2, 0.25) is 0 Å². The van der Waals surface area contributed by atoms with Gasteiger partial charge >= 0.3 is 0 Å². The molecule has 5 heteroatoms. The van der Waals surface area contributed by atoms with Gasteiger partial charge in [0.25, 0.3) is 0 Å². The van der Waals surface area contributed by atoms with E-state index in [0.717, 1.165) is 36.9 Å². The summed E-state index contributed by atoms with van der Waals surface area (Å²) < 4.78 is 13.6. The minimum atomic E-state index is 0.500. The zero-order valence-electron chi connectivity index (χ0n) is 11.5. The minimum absolute atomic E-state index is 0.500. The van der Waals surface area contributed by atoms with E-state index in [0.29, 0.717) is 13.2 Å². The lowest BCUT2D eigenvalue weighted by atomic mass is 10.2. The highest BCUT2D eigenvalue weighted by Crippen LogP contribution is 2.38. The number of benzene rings is 2. The van der Waals surface area contributed by atoms with Crippen LogP contribution in [0.2, 0.25) is 0 Å². The van der Waals surface area contributed by atoms with Crippen molar-refractivity contribution in [3.05, 3.63) is 56.5 Å². The molecule has 0 spiro atoms. The average Bonchev–Trinajstić information content (AvgIpc) is 2.48. The number of hydrogen-bond acceptors (Lipinski definition) is 2. The fourth-order valence-corrected chi connectivity index (χ4v) is 3.03. The van der Waals surface area contributed by atoms with Crippen molar-refractivity contribution in [2.75, 3.05) is 6.61 Å². The van der Waals surface area contributed by atoms with E-state index in [-0.39, 0.29) is 0 Å². The van der Waals surface area contributed by atoms with E-state index >= 15 is 0 Å². The summed E-state index contributed by atoms with van der Waals surface area (Å²) in [4.78, 5) is 0. The SMILES string of the molecule is CCOc1cc(CBr)cc(Br)c1OCc1ccc(Br)cc1. The third-order valence-electron chi connectivity index (χ3n) is 2.82. The summed E-state index contributed by atoms with van der Waals surface area (Å²) >= 11 is 10.5. The predicted molar refractivity (Wildman–Crippen MR) is 96.4 cm³/mol. The first kappa shape index (κ1) is 16.8. The largest absolute Gasteiger partial charge is 0.490 e. The van der Waals surface area contributed by atoms with Crippen LogP contribution in [0.4, 0.5) is 0 Å². The number of ether oxygens (including phenoxy) is 2. The van der Waals surface area contributed by atoms with Crippen LogP contribution >= 0.6 is 47.8 Å². The monoisotopic (exact) mass is 476 g/mol. The Morgan fingerprint density at radius 1 is 0.952 bits per heavy atom. The van der Waals surface area contributed by atoms with Crippen molar-refractivity contribution in [3.8, 4) is 11.5 Å². The van der Waals surface area contributed by atoms with Crippen LogP contribution < -0.4 is 9.47 Å². The fraction of sp³-hybridized carbons (Fsp3) is 0.250. The van der Waals surface area contributed by atoms with Crippen molar-refractivity contribution in [3.63, 3.8) is 0 Å². The third-order valence-corrected chi connectivity index (χ3v) is 4.59. The summed E-state index contributed by atoms with van der Waals surface area (Å²) in [5.41, 5.74) is 2.25. The van der Waals surface area contributed by atoms with Crippen LogP contribution in [-0.2, 0) is 11.9 Å². The van der Waals surface area contributed by atoms with Gasteiger partial charge < -0.3 is 9.47 Å². The first-order valence-corrected chi connectivity index (χ1v) is 9.23. The number of rotatable bonds is 6.